The predicted molar refractivity (Wildman–Crippen MR) is 70.4 cm³/mol. The maximum Gasteiger partial charge on any atom is 0.0568 e. The molecule has 16 heavy (non-hydrogen) atoms. The molecule has 0 aromatic carbocycles. The zero-order valence-electron chi connectivity index (χ0n) is 11.4. The average Bonchev–Trinajstić information content (AvgIpc) is 2.28. The third-order valence-electron chi connectivity index (χ3n) is 4.23. The van der Waals surface area contributed by atoms with Gasteiger partial charge in [-0.1, -0.05) is 52.9 Å². The number of aliphatic hydroxyl groups is 1. The molecule has 3 unspecified atom stereocenters. The molecule has 0 aromatic rings. The largest absolute Gasteiger partial charge is 0.393 e. The highest BCUT2D eigenvalue weighted by Gasteiger charge is 2.25. The summed E-state index contributed by atoms with van der Waals surface area (Å²) in [5, 5.41) is 10.2. The van der Waals surface area contributed by atoms with Crippen LogP contribution in [0.1, 0.15) is 72.1 Å². The van der Waals surface area contributed by atoms with Gasteiger partial charge in [0.1, 0.15) is 0 Å². The van der Waals surface area contributed by atoms with Gasteiger partial charge >= 0.3 is 0 Å². The Morgan fingerprint density at radius 2 is 1.94 bits per heavy atom. The predicted octanol–water partition coefficient (Wildman–Crippen LogP) is 4.39. The molecule has 96 valence electrons. The van der Waals surface area contributed by atoms with Crippen LogP contribution >= 0.6 is 0 Å². The van der Waals surface area contributed by atoms with Gasteiger partial charge < -0.3 is 5.11 Å². The molecule has 0 bridgehead atoms. The minimum absolute atomic E-state index is 0.0203. The van der Waals surface area contributed by atoms with E-state index >= 15 is 0 Å². The molecule has 0 spiro atoms. The third-order valence-corrected chi connectivity index (χ3v) is 4.23. The Bertz CT molecular complexity index is 176. The van der Waals surface area contributed by atoms with Gasteiger partial charge in [0.2, 0.25) is 0 Å². The van der Waals surface area contributed by atoms with Gasteiger partial charge in [0.15, 0.2) is 0 Å². The fourth-order valence-corrected chi connectivity index (χ4v) is 3.02. The first-order valence-corrected chi connectivity index (χ1v) is 7.31. The Kier molecular flexibility index (Phi) is 6.41. The van der Waals surface area contributed by atoms with Crippen molar-refractivity contribution in [2.75, 3.05) is 0 Å². The van der Waals surface area contributed by atoms with Crippen LogP contribution in [-0.4, -0.2) is 11.2 Å². The summed E-state index contributed by atoms with van der Waals surface area (Å²) in [5.74, 6) is 2.27. The number of hydrogen-bond donors (Lipinski definition) is 1. The SMILES string of the molecule is CCC1CCCC(C(O)CCCC(C)C)C1. The van der Waals surface area contributed by atoms with Gasteiger partial charge in [0.25, 0.3) is 0 Å². The van der Waals surface area contributed by atoms with E-state index in [4.69, 9.17) is 0 Å². The van der Waals surface area contributed by atoms with Crippen molar-refractivity contribution in [2.45, 2.75) is 78.2 Å². The molecule has 1 fully saturated rings. The van der Waals surface area contributed by atoms with E-state index in [1.807, 2.05) is 0 Å². The molecule has 1 rings (SSSR count). The molecule has 1 saturated carbocycles. The van der Waals surface area contributed by atoms with E-state index in [2.05, 4.69) is 20.8 Å². The summed E-state index contributed by atoms with van der Waals surface area (Å²) in [6.07, 6.45) is 10.0. The lowest BCUT2D eigenvalue weighted by molar-refractivity contribution is 0.0589. The lowest BCUT2D eigenvalue weighted by Crippen LogP contribution is -2.26. The second-order valence-electron chi connectivity index (χ2n) is 6.09. The van der Waals surface area contributed by atoms with Crippen LogP contribution in [0.4, 0.5) is 0 Å². The van der Waals surface area contributed by atoms with Crippen molar-refractivity contribution in [1.29, 1.82) is 0 Å². The highest BCUT2D eigenvalue weighted by atomic mass is 16.3. The Balaban J connectivity index is 2.21. The van der Waals surface area contributed by atoms with E-state index in [0.29, 0.717) is 5.92 Å². The van der Waals surface area contributed by atoms with Crippen LogP contribution in [0.2, 0.25) is 0 Å². The normalized spacial score (nSPS) is 28.3. The van der Waals surface area contributed by atoms with E-state index in [9.17, 15) is 5.11 Å². The first-order chi connectivity index (χ1) is 7.63. The minimum atomic E-state index is -0.0203. The molecule has 1 heteroatoms. The van der Waals surface area contributed by atoms with Gasteiger partial charge in [-0.25, -0.2) is 0 Å². The van der Waals surface area contributed by atoms with E-state index in [1.165, 1.54) is 44.9 Å². The van der Waals surface area contributed by atoms with Crippen molar-refractivity contribution in [2.24, 2.45) is 17.8 Å². The van der Waals surface area contributed by atoms with Gasteiger partial charge in [0.05, 0.1) is 6.10 Å². The van der Waals surface area contributed by atoms with Gasteiger partial charge in [0, 0.05) is 0 Å². The average molecular weight is 226 g/mol. The summed E-state index contributed by atoms with van der Waals surface area (Å²) in [4.78, 5) is 0. The summed E-state index contributed by atoms with van der Waals surface area (Å²) < 4.78 is 0. The Morgan fingerprint density at radius 3 is 2.56 bits per heavy atom. The van der Waals surface area contributed by atoms with E-state index in [0.717, 1.165) is 18.3 Å². The van der Waals surface area contributed by atoms with Crippen molar-refractivity contribution >= 4 is 0 Å². The van der Waals surface area contributed by atoms with Gasteiger partial charge in [-0.3, -0.25) is 0 Å². The first kappa shape index (κ1) is 14.0. The Hall–Kier alpha value is -0.0400. The van der Waals surface area contributed by atoms with E-state index in [1.54, 1.807) is 0 Å². The van der Waals surface area contributed by atoms with Crippen LogP contribution in [0.15, 0.2) is 0 Å². The molecule has 1 N–H and O–H groups in total. The van der Waals surface area contributed by atoms with Crippen molar-refractivity contribution < 1.29 is 5.11 Å². The maximum absolute atomic E-state index is 10.2. The quantitative estimate of drug-likeness (QED) is 0.712. The molecule has 1 nitrogen and oxygen atoms in total. The minimum Gasteiger partial charge on any atom is -0.393 e. The topological polar surface area (TPSA) is 20.2 Å². The zero-order valence-corrected chi connectivity index (χ0v) is 11.4. The number of aliphatic hydroxyl groups excluding tert-OH is 1. The van der Waals surface area contributed by atoms with E-state index in [-0.39, 0.29) is 6.10 Å². The second kappa shape index (κ2) is 7.32. The zero-order chi connectivity index (χ0) is 12.0. The molecule has 1 aliphatic carbocycles. The standard InChI is InChI=1S/C15H30O/c1-4-13-8-6-9-14(11-13)15(16)10-5-7-12(2)3/h12-16H,4-11H2,1-3H3. The highest BCUT2D eigenvalue weighted by molar-refractivity contribution is 4.77. The molecular formula is C15H30O. The van der Waals surface area contributed by atoms with Crippen LogP contribution in [0.5, 0.6) is 0 Å². The van der Waals surface area contributed by atoms with Gasteiger partial charge in [-0.15, -0.1) is 0 Å². The van der Waals surface area contributed by atoms with Gasteiger partial charge in [-0.2, -0.15) is 0 Å². The summed E-state index contributed by atoms with van der Waals surface area (Å²) >= 11 is 0. The fraction of sp³-hybridized carbons (Fsp3) is 1.00. The van der Waals surface area contributed by atoms with E-state index < -0.39 is 0 Å². The molecule has 0 heterocycles. The van der Waals surface area contributed by atoms with Crippen LogP contribution < -0.4 is 0 Å². The summed E-state index contributed by atoms with van der Waals surface area (Å²) in [6.45, 7) is 6.82. The van der Waals surface area contributed by atoms with Crippen molar-refractivity contribution in [1.82, 2.24) is 0 Å². The second-order valence-corrected chi connectivity index (χ2v) is 6.09. The van der Waals surface area contributed by atoms with Crippen LogP contribution in [0.25, 0.3) is 0 Å². The van der Waals surface area contributed by atoms with Crippen molar-refractivity contribution in [3.8, 4) is 0 Å². The number of rotatable bonds is 6. The molecular weight excluding hydrogens is 196 g/mol. The molecule has 0 aliphatic heterocycles. The molecule has 0 radical (unpaired) electrons. The van der Waals surface area contributed by atoms with Crippen LogP contribution in [0.3, 0.4) is 0 Å². The van der Waals surface area contributed by atoms with Crippen molar-refractivity contribution in [3.63, 3.8) is 0 Å². The number of hydrogen-bond acceptors (Lipinski definition) is 1. The lowest BCUT2D eigenvalue weighted by Gasteiger charge is -2.31. The van der Waals surface area contributed by atoms with Crippen LogP contribution in [-0.2, 0) is 0 Å². The highest BCUT2D eigenvalue weighted by Crippen LogP contribution is 2.34. The Morgan fingerprint density at radius 1 is 1.19 bits per heavy atom. The summed E-state index contributed by atoms with van der Waals surface area (Å²) in [6, 6.07) is 0. The fourth-order valence-electron chi connectivity index (χ4n) is 3.02. The first-order valence-electron chi connectivity index (χ1n) is 7.31. The van der Waals surface area contributed by atoms with Gasteiger partial charge in [-0.05, 0) is 37.0 Å². The smallest absolute Gasteiger partial charge is 0.0568 e. The molecule has 0 amide bonds. The van der Waals surface area contributed by atoms with Crippen LogP contribution in [0, 0.1) is 17.8 Å². The Labute approximate surface area is 102 Å². The molecule has 1 aliphatic rings. The molecule has 3 atom stereocenters. The summed E-state index contributed by atoms with van der Waals surface area (Å²) in [5.41, 5.74) is 0. The monoisotopic (exact) mass is 226 g/mol. The summed E-state index contributed by atoms with van der Waals surface area (Å²) in [7, 11) is 0. The molecule has 0 aromatic heterocycles. The van der Waals surface area contributed by atoms with Crippen molar-refractivity contribution in [3.05, 3.63) is 0 Å². The lowest BCUT2D eigenvalue weighted by atomic mass is 9.76. The third kappa shape index (κ3) is 4.86. The molecule has 0 saturated heterocycles. The maximum atomic E-state index is 10.2.